The van der Waals surface area contributed by atoms with Crippen LogP contribution in [0.1, 0.15) is 40.0 Å². The van der Waals surface area contributed by atoms with E-state index in [-0.39, 0.29) is 17.9 Å². The number of amides is 1. The fraction of sp³-hybridized carbons (Fsp3) is 0.857. The summed E-state index contributed by atoms with van der Waals surface area (Å²) in [5.41, 5.74) is 0. The standard InChI is InChI=1S/C14H26N2O3/c1-9(2)8-11(14(18)19-4)16-13(17)12-10(3)6-5-7-15-12/h9-12,15H,5-8H2,1-4H3,(H,16,17). The van der Waals surface area contributed by atoms with Gasteiger partial charge >= 0.3 is 5.97 Å². The lowest BCUT2D eigenvalue weighted by atomic mass is 9.91. The molecule has 0 aromatic heterocycles. The Balaban J connectivity index is 2.61. The van der Waals surface area contributed by atoms with Crippen molar-refractivity contribution in [3.05, 3.63) is 0 Å². The Labute approximate surface area is 115 Å². The normalized spacial score (nSPS) is 24.9. The van der Waals surface area contributed by atoms with E-state index in [1.165, 1.54) is 7.11 Å². The first-order chi connectivity index (χ1) is 8.95. The minimum Gasteiger partial charge on any atom is -0.467 e. The Morgan fingerprint density at radius 3 is 2.63 bits per heavy atom. The van der Waals surface area contributed by atoms with Gasteiger partial charge in [-0.25, -0.2) is 4.79 Å². The van der Waals surface area contributed by atoms with Crippen LogP contribution >= 0.6 is 0 Å². The third-order valence-corrected chi connectivity index (χ3v) is 3.56. The number of methoxy groups -OCH3 is 1. The van der Waals surface area contributed by atoms with Crippen molar-refractivity contribution < 1.29 is 14.3 Å². The van der Waals surface area contributed by atoms with E-state index in [4.69, 9.17) is 4.74 Å². The highest BCUT2D eigenvalue weighted by Gasteiger charge is 2.31. The van der Waals surface area contributed by atoms with Crippen LogP contribution in [0.2, 0.25) is 0 Å². The van der Waals surface area contributed by atoms with Crippen LogP contribution in [0.5, 0.6) is 0 Å². The molecule has 1 rings (SSSR count). The van der Waals surface area contributed by atoms with Crippen molar-refractivity contribution in [2.24, 2.45) is 11.8 Å². The van der Waals surface area contributed by atoms with Gasteiger partial charge in [-0.3, -0.25) is 4.79 Å². The second-order valence-electron chi connectivity index (χ2n) is 5.77. The SMILES string of the molecule is COC(=O)C(CC(C)C)NC(=O)C1NCCCC1C. The van der Waals surface area contributed by atoms with Gasteiger partial charge < -0.3 is 15.4 Å². The van der Waals surface area contributed by atoms with Crippen LogP contribution < -0.4 is 10.6 Å². The molecule has 19 heavy (non-hydrogen) atoms. The molecular weight excluding hydrogens is 244 g/mol. The maximum atomic E-state index is 12.2. The average molecular weight is 270 g/mol. The van der Waals surface area contributed by atoms with E-state index in [0.29, 0.717) is 18.3 Å². The van der Waals surface area contributed by atoms with E-state index < -0.39 is 6.04 Å². The maximum Gasteiger partial charge on any atom is 0.328 e. The lowest BCUT2D eigenvalue weighted by molar-refractivity contribution is -0.146. The van der Waals surface area contributed by atoms with Crippen molar-refractivity contribution >= 4 is 11.9 Å². The van der Waals surface area contributed by atoms with Gasteiger partial charge in [-0.05, 0) is 37.6 Å². The molecule has 1 saturated heterocycles. The van der Waals surface area contributed by atoms with Crippen LogP contribution in [-0.2, 0) is 14.3 Å². The van der Waals surface area contributed by atoms with Crippen molar-refractivity contribution in [2.45, 2.75) is 52.1 Å². The molecule has 0 spiro atoms. The van der Waals surface area contributed by atoms with Crippen molar-refractivity contribution in [3.63, 3.8) is 0 Å². The maximum absolute atomic E-state index is 12.2. The van der Waals surface area contributed by atoms with Crippen LogP contribution in [0.15, 0.2) is 0 Å². The largest absolute Gasteiger partial charge is 0.467 e. The van der Waals surface area contributed by atoms with Gasteiger partial charge in [0.25, 0.3) is 0 Å². The lowest BCUT2D eigenvalue weighted by Gasteiger charge is -2.30. The lowest BCUT2D eigenvalue weighted by Crippen LogP contribution is -2.54. The molecule has 0 saturated carbocycles. The number of piperidine rings is 1. The van der Waals surface area contributed by atoms with Gasteiger partial charge in [0.1, 0.15) is 6.04 Å². The van der Waals surface area contributed by atoms with Gasteiger partial charge in [0.2, 0.25) is 5.91 Å². The zero-order valence-corrected chi connectivity index (χ0v) is 12.4. The first kappa shape index (κ1) is 16.0. The first-order valence-electron chi connectivity index (χ1n) is 7.07. The predicted molar refractivity (Wildman–Crippen MR) is 73.6 cm³/mol. The number of carbonyl (C=O) groups excluding carboxylic acids is 2. The zero-order valence-electron chi connectivity index (χ0n) is 12.4. The Morgan fingerprint density at radius 2 is 2.11 bits per heavy atom. The summed E-state index contributed by atoms with van der Waals surface area (Å²) in [6, 6.07) is -0.749. The molecule has 5 heteroatoms. The summed E-state index contributed by atoms with van der Waals surface area (Å²) >= 11 is 0. The van der Waals surface area contributed by atoms with Gasteiger partial charge in [-0.15, -0.1) is 0 Å². The Bertz CT molecular complexity index is 318. The summed E-state index contributed by atoms with van der Waals surface area (Å²) in [5.74, 6) is 0.154. The molecule has 0 bridgehead atoms. The van der Waals surface area contributed by atoms with Crippen LogP contribution in [0.4, 0.5) is 0 Å². The highest BCUT2D eigenvalue weighted by atomic mass is 16.5. The van der Waals surface area contributed by atoms with E-state index in [0.717, 1.165) is 19.4 Å². The summed E-state index contributed by atoms with van der Waals surface area (Å²) in [6.45, 7) is 6.95. The third-order valence-electron chi connectivity index (χ3n) is 3.56. The second kappa shape index (κ2) is 7.48. The highest BCUT2D eigenvalue weighted by Crippen LogP contribution is 2.16. The average Bonchev–Trinajstić information content (AvgIpc) is 2.36. The first-order valence-corrected chi connectivity index (χ1v) is 7.07. The van der Waals surface area contributed by atoms with E-state index in [2.05, 4.69) is 17.6 Å². The molecule has 0 aromatic carbocycles. The van der Waals surface area contributed by atoms with Gasteiger partial charge in [-0.1, -0.05) is 20.8 Å². The van der Waals surface area contributed by atoms with E-state index in [9.17, 15) is 9.59 Å². The van der Waals surface area contributed by atoms with Crippen molar-refractivity contribution in [1.29, 1.82) is 0 Å². The Morgan fingerprint density at radius 1 is 1.42 bits per heavy atom. The van der Waals surface area contributed by atoms with Crippen LogP contribution in [0.25, 0.3) is 0 Å². The summed E-state index contributed by atoms with van der Waals surface area (Å²) in [7, 11) is 1.35. The van der Waals surface area contributed by atoms with Gasteiger partial charge in [0, 0.05) is 0 Å². The summed E-state index contributed by atoms with van der Waals surface area (Å²) < 4.78 is 4.75. The zero-order chi connectivity index (χ0) is 14.4. The highest BCUT2D eigenvalue weighted by molar-refractivity contribution is 5.87. The minimum absolute atomic E-state index is 0.0942. The fourth-order valence-electron chi connectivity index (χ4n) is 2.49. The number of rotatable bonds is 5. The van der Waals surface area contributed by atoms with Crippen LogP contribution in [-0.4, -0.2) is 37.6 Å². The number of esters is 1. The molecule has 3 unspecified atom stereocenters. The quantitative estimate of drug-likeness (QED) is 0.734. The predicted octanol–water partition coefficient (Wildman–Crippen LogP) is 1.08. The number of hydrogen-bond donors (Lipinski definition) is 2. The number of ether oxygens (including phenoxy) is 1. The molecule has 1 heterocycles. The van der Waals surface area contributed by atoms with Gasteiger partial charge in [0.05, 0.1) is 13.2 Å². The van der Waals surface area contributed by atoms with Gasteiger partial charge in [0.15, 0.2) is 0 Å². The van der Waals surface area contributed by atoms with E-state index >= 15 is 0 Å². The molecule has 1 aliphatic heterocycles. The molecule has 5 nitrogen and oxygen atoms in total. The summed E-state index contributed by atoms with van der Waals surface area (Å²) in [6.07, 6.45) is 2.73. The molecule has 1 aliphatic rings. The van der Waals surface area contributed by atoms with Crippen LogP contribution in [0.3, 0.4) is 0 Å². The molecule has 1 fully saturated rings. The van der Waals surface area contributed by atoms with Crippen LogP contribution in [0, 0.1) is 11.8 Å². The smallest absolute Gasteiger partial charge is 0.328 e. The molecule has 0 aliphatic carbocycles. The summed E-state index contributed by atoms with van der Waals surface area (Å²) in [5, 5.41) is 6.04. The molecule has 3 atom stereocenters. The Kier molecular flexibility index (Phi) is 6.28. The van der Waals surface area contributed by atoms with Crippen molar-refractivity contribution in [2.75, 3.05) is 13.7 Å². The molecule has 1 amide bonds. The molecular formula is C14H26N2O3. The molecule has 2 N–H and O–H groups in total. The van der Waals surface area contributed by atoms with E-state index in [1.54, 1.807) is 0 Å². The minimum atomic E-state index is -0.548. The van der Waals surface area contributed by atoms with E-state index in [1.807, 2.05) is 13.8 Å². The fourth-order valence-corrected chi connectivity index (χ4v) is 2.49. The second-order valence-corrected chi connectivity index (χ2v) is 5.77. The summed E-state index contributed by atoms with van der Waals surface area (Å²) in [4.78, 5) is 23.9. The number of hydrogen-bond acceptors (Lipinski definition) is 4. The topological polar surface area (TPSA) is 67.4 Å². The molecule has 0 aromatic rings. The number of nitrogens with one attached hydrogen (secondary N) is 2. The van der Waals surface area contributed by atoms with Crippen molar-refractivity contribution in [3.8, 4) is 0 Å². The van der Waals surface area contributed by atoms with Crippen molar-refractivity contribution in [1.82, 2.24) is 10.6 Å². The third kappa shape index (κ3) is 4.82. The van der Waals surface area contributed by atoms with Gasteiger partial charge in [-0.2, -0.15) is 0 Å². The Hall–Kier alpha value is -1.10. The molecule has 110 valence electrons. The number of carbonyl (C=O) groups is 2. The monoisotopic (exact) mass is 270 g/mol. The molecule has 0 radical (unpaired) electrons.